The van der Waals surface area contributed by atoms with Gasteiger partial charge in [-0.3, -0.25) is 4.79 Å². The summed E-state index contributed by atoms with van der Waals surface area (Å²) in [6.07, 6.45) is 2.84. The van der Waals surface area contributed by atoms with Crippen LogP contribution in [0.5, 0.6) is 0 Å². The molecule has 1 amide bonds. The Labute approximate surface area is 109 Å². The summed E-state index contributed by atoms with van der Waals surface area (Å²) in [6, 6.07) is 9.16. The Kier molecular flexibility index (Phi) is 2.72. The highest BCUT2D eigenvalue weighted by Gasteiger charge is 2.25. The summed E-state index contributed by atoms with van der Waals surface area (Å²) in [4.78, 5) is 16.0. The van der Waals surface area contributed by atoms with E-state index in [1.807, 2.05) is 30.3 Å². The number of anilines is 1. The Bertz CT molecular complexity index is 670. The molecule has 0 bridgehead atoms. The molecule has 1 unspecified atom stereocenters. The molecule has 1 aliphatic rings. The molecule has 1 aromatic carbocycles. The van der Waals surface area contributed by atoms with E-state index in [2.05, 4.69) is 15.4 Å². The summed E-state index contributed by atoms with van der Waals surface area (Å²) in [6.45, 7) is 0. The standard InChI is InChI=1S/C13H11N5O/c14-7-12-15-8-18(17-12)11-6-5-9-3-1-2-4-10(9)16-13(11)19/h1-4,8,11H,5-6H2,(H,16,19). The van der Waals surface area contributed by atoms with Gasteiger partial charge < -0.3 is 5.32 Å². The number of nitrogens with zero attached hydrogens (tertiary/aromatic N) is 4. The molecule has 6 heteroatoms. The van der Waals surface area contributed by atoms with E-state index < -0.39 is 6.04 Å². The molecule has 2 aromatic rings. The van der Waals surface area contributed by atoms with Gasteiger partial charge in [-0.15, -0.1) is 5.10 Å². The molecule has 0 saturated carbocycles. The SMILES string of the molecule is N#Cc1ncn(C2CCc3ccccc3NC2=O)n1. The Morgan fingerprint density at radius 3 is 3.05 bits per heavy atom. The third-order valence-electron chi connectivity index (χ3n) is 3.19. The van der Waals surface area contributed by atoms with Crippen molar-refractivity contribution in [1.29, 1.82) is 5.26 Å². The van der Waals surface area contributed by atoms with Gasteiger partial charge in [0, 0.05) is 5.69 Å². The lowest BCUT2D eigenvalue weighted by molar-refractivity contribution is -0.119. The lowest BCUT2D eigenvalue weighted by atomic mass is 10.1. The van der Waals surface area contributed by atoms with E-state index in [9.17, 15) is 4.79 Å². The van der Waals surface area contributed by atoms with Crippen molar-refractivity contribution in [2.45, 2.75) is 18.9 Å². The summed E-state index contributed by atoms with van der Waals surface area (Å²) in [5, 5.41) is 15.6. The van der Waals surface area contributed by atoms with E-state index in [0.29, 0.717) is 6.42 Å². The van der Waals surface area contributed by atoms with Crippen LogP contribution in [0, 0.1) is 11.3 Å². The van der Waals surface area contributed by atoms with Gasteiger partial charge in [-0.2, -0.15) is 5.26 Å². The molecule has 19 heavy (non-hydrogen) atoms. The number of para-hydroxylation sites is 1. The van der Waals surface area contributed by atoms with Crippen molar-refractivity contribution in [2.24, 2.45) is 0 Å². The Hall–Kier alpha value is -2.68. The van der Waals surface area contributed by atoms with Crippen molar-refractivity contribution >= 4 is 11.6 Å². The van der Waals surface area contributed by atoms with Crippen molar-refractivity contribution in [3.63, 3.8) is 0 Å². The summed E-state index contributed by atoms with van der Waals surface area (Å²) < 4.78 is 1.46. The minimum Gasteiger partial charge on any atom is -0.324 e. The first-order valence-electron chi connectivity index (χ1n) is 5.98. The lowest BCUT2D eigenvalue weighted by Crippen LogP contribution is -2.25. The number of nitriles is 1. The number of amides is 1. The van der Waals surface area contributed by atoms with Crippen LogP contribution in [0.2, 0.25) is 0 Å². The van der Waals surface area contributed by atoms with E-state index >= 15 is 0 Å². The van der Waals surface area contributed by atoms with Crippen LogP contribution in [0.1, 0.15) is 23.9 Å². The van der Waals surface area contributed by atoms with Gasteiger partial charge in [0.15, 0.2) is 0 Å². The Morgan fingerprint density at radius 2 is 2.26 bits per heavy atom. The van der Waals surface area contributed by atoms with Crippen LogP contribution in [0.25, 0.3) is 0 Å². The predicted octanol–water partition coefficient (Wildman–Crippen LogP) is 1.28. The van der Waals surface area contributed by atoms with Gasteiger partial charge in [0.05, 0.1) is 0 Å². The highest BCUT2D eigenvalue weighted by molar-refractivity contribution is 5.95. The highest BCUT2D eigenvalue weighted by atomic mass is 16.2. The zero-order valence-corrected chi connectivity index (χ0v) is 10.1. The van der Waals surface area contributed by atoms with Crippen molar-refractivity contribution in [1.82, 2.24) is 14.8 Å². The number of hydrogen-bond donors (Lipinski definition) is 1. The smallest absolute Gasteiger partial charge is 0.252 e. The summed E-state index contributed by atoms with van der Waals surface area (Å²) in [7, 11) is 0. The molecule has 1 aromatic heterocycles. The maximum atomic E-state index is 12.2. The number of aromatic nitrogens is 3. The molecule has 1 aliphatic heterocycles. The first kappa shape index (κ1) is 11.4. The van der Waals surface area contributed by atoms with Crippen LogP contribution in [0.15, 0.2) is 30.6 Å². The van der Waals surface area contributed by atoms with Gasteiger partial charge in [0.25, 0.3) is 5.82 Å². The number of hydrogen-bond acceptors (Lipinski definition) is 4. The molecule has 2 heterocycles. The van der Waals surface area contributed by atoms with E-state index in [1.54, 1.807) is 0 Å². The topological polar surface area (TPSA) is 83.6 Å². The minimum atomic E-state index is -0.429. The van der Waals surface area contributed by atoms with Gasteiger partial charge in [-0.05, 0) is 24.5 Å². The van der Waals surface area contributed by atoms with Crippen LogP contribution >= 0.6 is 0 Å². The molecule has 0 spiro atoms. The molecule has 0 saturated heterocycles. The maximum absolute atomic E-state index is 12.2. The summed E-state index contributed by atoms with van der Waals surface area (Å²) in [5.74, 6) is -0.0473. The fourth-order valence-corrected chi connectivity index (χ4v) is 2.23. The van der Waals surface area contributed by atoms with Crippen LogP contribution in [-0.4, -0.2) is 20.7 Å². The Balaban J connectivity index is 1.90. The number of carbonyl (C=O) groups excluding carboxylic acids is 1. The van der Waals surface area contributed by atoms with Crippen LogP contribution in [0.4, 0.5) is 5.69 Å². The van der Waals surface area contributed by atoms with Crippen molar-refractivity contribution in [3.05, 3.63) is 42.0 Å². The molecule has 1 N–H and O–H groups in total. The second-order valence-corrected chi connectivity index (χ2v) is 4.36. The highest BCUT2D eigenvalue weighted by Crippen LogP contribution is 2.26. The fourth-order valence-electron chi connectivity index (χ4n) is 2.23. The first-order valence-corrected chi connectivity index (χ1v) is 5.98. The van der Waals surface area contributed by atoms with Crippen LogP contribution < -0.4 is 5.32 Å². The van der Waals surface area contributed by atoms with E-state index in [1.165, 1.54) is 11.0 Å². The van der Waals surface area contributed by atoms with Crippen LogP contribution in [-0.2, 0) is 11.2 Å². The number of rotatable bonds is 1. The summed E-state index contributed by atoms with van der Waals surface area (Å²) in [5.41, 5.74) is 1.95. The van der Waals surface area contributed by atoms with Crippen molar-refractivity contribution < 1.29 is 4.79 Å². The van der Waals surface area contributed by atoms with Crippen LogP contribution in [0.3, 0.4) is 0 Å². The molecule has 1 atom stereocenters. The fraction of sp³-hybridized carbons (Fsp3) is 0.231. The van der Waals surface area contributed by atoms with E-state index in [-0.39, 0.29) is 11.7 Å². The number of nitrogens with one attached hydrogen (secondary N) is 1. The van der Waals surface area contributed by atoms with Gasteiger partial charge in [-0.1, -0.05) is 18.2 Å². The van der Waals surface area contributed by atoms with Gasteiger partial charge in [0.2, 0.25) is 5.91 Å². The summed E-state index contributed by atoms with van der Waals surface area (Å²) >= 11 is 0. The quantitative estimate of drug-likeness (QED) is 0.829. The molecule has 0 fully saturated rings. The second kappa shape index (κ2) is 4.53. The van der Waals surface area contributed by atoms with Gasteiger partial charge in [-0.25, -0.2) is 9.67 Å². The first-order chi connectivity index (χ1) is 9.28. The number of fused-ring (bicyclic) bond motifs is 1. The third-order valence-corrected chi connectivity index (χ3v) is 3.19. The molecule has 0 aliphatic carbocycles. The molecular weight excluding hydrogens is 242 g/mol. The minimum absolute atomic E-state index is 0.0783. The van der Waals surface area contributed by atoms with Crippen molar-refractivity contribution in [3.8, 4) is 6.07 Å². The zero-order valence-electron chi connectivity index (χ0n) is 10.1. The molecule has 0 radical (unpaired) electrons. The molecule has 6 nitrogen and oxygen atoms in total. The van der Waals surface area contributed by atoms with Gasteiger partial charge in [0.1, 0.15) is 18.4 Å². The van der Waals surface area contributed by atoms with Crippen molar-refractivity contribution in [2.75, 3.05) is 5.32 Å². The maximum Gasteiger partial charge on any atom is 0.252 e. The van der Waals surface area contributed by atoms with E-state index in [4.69, 9.17) is 5.26 Å². The molecule has 94 valence electrons. The molecular formula is C13H11N5O. The third kappa shape index (κ3) is 2.06. The second-order valence-electron chi connectivity index (χ2n) is 4.36. The number of benzene rings is 1. The number of aryl methyl sites for hydroxylation is 1. The average molecular weight is 253 g/mol. The van der Waals surface area contributed by atoms with E-state index in [0.717, 1.165) is 17.7 Å². The largest absolute Gasteiger partial charge is 0.324 e. The Morgan fingerprint density at radius 1 is 1.42 bits per heavy atom. The zero-order chi connectivity index (χ0) is 13.2. The normalized spacial score (nSPS) is 18.1. The number of carbonyl (C=O) groups is 1. The predicted molar refractivity (Wildman–Crippen MR) is 67.2 cm³/mol. The average Bonchev–Trinajstić information content (AvgIpc) is 2.83. The monoisotopic (exact) mass is 253 g/mol. The molecule has 3 rings (SSSR count). The lowest BCUT2D eigenvalue weighted by Gasteiger charge is -2.12. The van der Waals surface area contributed by atoms with Gasteiger partial charge >= 0.3 is 0 Å².